The molecule has 2 amide bonds. The fourth-order valence-electron chi connectivity index (χ4n) is 3.30. The summed E-state index contributed by atoms with van der Waals surface area (Å²) in [7, 11) is 0. The van der Waals surface area contributed by atoms with E-state index in [4.69, 9.17) is 21.1 Å². The number of imide groups is 1. The average Bonchev–Trinajstić information content (AvgIpc) is 3.08. The number of rotatable bonds is 8. The molecule has 0 saturated carbocycles. The monoisotopic (exact) mass is 557 g/mol. The van der Waals surface area contributed by atoms with E-state index in [2.05, 4.69) is 15.9 Å². The Morgan fingerprint density at radius 3 is 2.35 bits per heavy atom. The van der Waals surface area contributed by atoms with Crippen LogP contribution in [-0.2, 0) is 17.9 Å². The van der Waals surface area contributed by atoms with Gasteiger partial charge in [0.05, 0.1) is 18.1 Å². The van der Waals surface area contributed by atoms with Crippen molar-refractivity contribution in [2.45, 2.75) is 20.1 Å². The van der Waals surface area contributed by atoms with Crippen LogP contribution in [0.15, 0.2) is 76.1 Å². The second kappa shape index (κ2) is 11.1. The lowest BCUT2D eigenvalue weighted by atomic mass is 10.1. The van der Waals surface area contributed by atoms with Crippen molar-refractivity contribution in [2.75, 3.05) is 6.61 Å². The molecule has 8 heteroatoms. The van der Waals surface area contributed by atoms with Gasteiger partial charge in [-0.25, -0.2) is 0 Å². The molecule has 0 bridgehead atoms. The summed E-state index contributed by atoms with van der Waals surface area (Å²) in [5.41, 5.74) is 2.61. The lowest BCUT2D eigenvalue weighted by molar-refractivity contribution is -0.123. The van der Waals surface area contributed by atoms with Crippen molar-refractivity contribution < 1.29 is 19.1 Å². The third-order valence-corrected chi connectivity index (χ3v) is 6.69. The molecule has 1 fully saturated rings. The van der Waals surface area contributed by atoms with E-state index in [1.54, 1.807) is 30.3 Å². The summed E-state index contributed by atoms with van der Waals surface area (Å²) in [6.45, 7) is 2.96. The first-order valence-corrected chi connectivity index (χ1v) is 12.6. The van der Waals surface area contributed by atoms with Crippen molar-refractivity contribution in [3.63, 3.8) is 0 Å². The van der Waals surface area contributed by atoms with E-state index in [0.29, 0.717) is 34.6 Å². The molecule has 34 heavy (non-hydrogen) atoms. The number of benzene rings is 3. The third kappa shape index (κ3) is 6.03. The molecule has 3 aromatic carbocycles. The predicted molar refractivity (Wildman–Crippen MR) is 139 cm³/mol. The quantitative estimate of drug-likeness (QED) is 0.271. The second-order valence-corrected chi connectivity index (χ2v) is 9.79. The van der Waals surface area contributed by atoms with Gasteiger partial charge < -0.3 is 9.47 Å². The Hall–Kier alpha value is -2.74. The molecule has 1 saturated heterocycles. The van der Waals surface area contributed by atoms with E-state index < -0.39 is 0 Å². The summed E-state index contributed by atoms with van der Waals surface area (Å²) in [4.78, 5) is 27.0. The fraction of sp³-hybridized carbons (Fsp3) is 0.154. The number of nitrogens with zero attached hydrogens (tertiary/aromatic N) is 1. The number of hydrogen-bond acceptors (Lipinski definition) is 5. The number of hydrogen-bond donors (Lipinski definition) is 0. The van der Waals surface area contributed by atoms with Gasteiger partial charge in [0.1, 0.15) is 6.61 Å². The Bertz CT molecular complexity index is 1230. The maximum absolute atomic E-state index is 12.9. The van der Waals surface area contributed by atoms with Crippen LogP contribution in [0.2, 0.25) is 5.02 Å². The SMILES string of the molecule is CCOc1cc(C=C2SC(=O)N(Cc3ccc(Cl)cc3)C2=O)ccc1OCc1ccc(Br)cc1. The van der Waals surface area contributed by atoms with Gasteiger partial charge in [-0.2, -0.15) is 0 Å². The number of carbonyl (C=O) groups is 2. The predicted octanol–water partition coefficient (Wildman–Crippen LogP) is 7.32. The van der Waals surface area contributed by atoms with Gasteiger partial charge in [0.15, 0.2) is 11.5 Å². The topological polar surface area (TPSA) is 55.8 Å². The van der Waals surface area contributed by atoms with Gasteiger partial charge in [0, 0.05) is 9.50 Å². The van der Waals surface area contributed by atoms with Crippen LogP contribution in [0.25, 0.3) is 6.08 Å². The van der Waals surface area contributed by atoms with Gasteiger partial charge in [-0.15, -0.1) is 0 Å². The molecule has 0 N–H and O–H groups in total. The summed E-state index contributed by atoms with van der Waals surface area (Å²) in [5.74, 6) is 0.866. The van der Waals surface area contributed by atoms with Crippen molar-refractivity contribution in [2.24, 2.45) is 0 Å². The molecule has 4 rings (SSSR count). The third-order valence-electron chi connectivity index (χ3n) is 5.00. The first-order valence-electron chi connectivity index (χ1n) is 10.6. The number of halogens is 2. The van der Waals surface area contributed by atoms with Crippen LogP contribution in [0.5, 0.6) is 11.5 Å². The smallest absolute Gasteiger partial charge is 0.293 e. The number of thioether (sulfide) groups is 1. The minimum absolute atomic E-state index is 0.201. The minimum atomic E-state index is -0.321. The largest absolute Gasteiger partial charge is 0.490 e. The highest BCUT2D eigenvalue weighted by atomic mass is 79.9. The highest BCUT2D eigenvalue weighted by Gasteiger charge is 2.35. The van der Waals surface area contributed by atoms with Gasteiger partial charge in [-0.3, -0.25) is 14.5 Å². The standard InChI is InChI=1S/C26H21BrClNO4S/c1-2-32-23-13-19(7-12-22(23)33-16-18-3-8-20(27)9-4-18)14-24-25(30)29(26(31)34-24)15-17-5-10-21(28)11-6-17/h3-14H,2,15-16H2,1H3. The molecule has 0 aromatic heterocycles. The van der Waals surface area contributed by atoms with Gasteiger partial charge in [0.25, 0.3) is 11.1 Å². The zero-order valence-electron chi connectivity index (χ0n) is 18.3. The Balaban J connectivity index is 1.49. The maximum Gasteiger partial charge on any atom is 0.293 e. The van der Waals surface area contributed by atoms with E-state index in [9.17, 15) is 9.59 Å². The van der Waals surface area contributed by atoms with E-state index in [1.807, 2.05) is 49.4 Å². The van der Waals surface area contributed by atoms with Crippen LogP contribution in [0.4, 0.5) is 4.79 Å². The second-order valence-electron chi connectivity index (χ2n) is 7.45. The van der Waals surface area contributed by atoms with Crippen LogP contribution in [0.1, 0.15) is 23.6 Å². The number of carbonyl (C=O) groups excluding carboxylic acids is 2. The first kappa shape index (κ1) is 24.4. The van der Waals surface area contributed by atoms with E-state index in [1.165, 1.54) is 4.90 Å². The van der Waals surface area contributed by atoms with Crippen LogP contribution in [-0.4, -0.2) is 22.7 Å². The molecule has 0 spiro atoms. The van der Waals surface area contributed by atoms with Gasteiger partial charge in [-0.05, 0) is 77.9 Å². The van der Waals surface area contributed by atoms with Crippen molar-refractivity contribution in [3.8, 4) is 11.5 Å². The number of amides is 2. The summed E-state index contributed by atoms with van der Waals surface area (Å²) in [6.07, 6.45) is 1.70. The molecule has 0 aliphatic carbocycles. The Morgan fingerprint density at radius 2 is 1.65 bits per heavy atom. The van der Waals surface area contributed by atoms with E-state index >= 15 is 0 Å². The van der Waals surface area contributed by atoms with Crippen molar-refractivity contribution in [1.29, 1.82) is 0 Å². The lowest BCUT2D eigenvalue weighted by Gasteiger charge is -2.13. The zero-order valence-corrected chi connectivity index (χ0v) is 21.5. The zero-order chi connectivity index (χ0) is 24.1. The normalized spacial score (nSPS) is 14.7. The average molecular weight is 559 g/mol. The van der Waals surface area contributed by atoms with Gasteiger partial charge in [-0.1, -0.05) is 57.9 Å². The Labute approximate surface area is 215 Å². The summed E-state index contributed by atoms with van der Waals surface area (Å²) in [6, 6.07) is 20.4. The molecule has 0 atom stereocenters. The Kier molecular flexibility index (Phi) is 7.98. The van der Waals surface area contributed by atoms with E-state index in [0.717, 1.165) is 32.9 Å². The Morgan fingerprint density at radius 1 is 0.941 bits per heavy atom. The summed E-state index contributed by atoms with van der Waals surface area (Å²) in [5, 5.41) is 0.304. The molecule has 5 nitrogen and oxygen atoms in total. The summed E-state index contributed by atoms with van der Waals surface area (Å²) >= 11 is 10.3. The highest BCUT2D eigenvalue weighted by Crippen LogP contribution is 2.35. The molecular formula is C26H21BrClNO4S. The molecule has 174 valence electrons. The molecular weight excluding hydrogens is 538 g/mol. The van der Waals surface area contributed by atoms with Crippen LogP contribution < -0.4 is 9.47 Å². The van der Waals surface area contributed by atoms with Crippen LogP contribution in [0.3, 0.4) is 0 Å². The number of ether oxygens (including phenoxy) is 2. The fourth-order valence-corrected chi connectivity index (χ4v) is 4.53. The van der Waals surface area contributed by atoms with Crippen LogP contribution in [0, 0.1) is 0 Å². The summed E-state index contributed by atoms with van der Waals surface area (Å²) < 4.78 is 12.7. The van der Waals surface area contributed by atoms with Crippen molar-refractivity contribution in [3.05, 3.63) is 97.8 Å². The van der Waals surface area contributed by atoms with Gasteiger partial charge in [0.2, 0.25) is 0 Å². The minimum Gasteiger partial charge on any atom is -0.490 e. The van der Waals surface area contributed by atoms with E-state index in [-0.39, 0.29) is 17.7 Å². The molecule has 3 aromatic rings. The highest BCUT2D eigenvalue weighted by molar-refractivity contribution is 9.10. The molecule has 0 unspecified atom stereocenters. The molecule has 0 radical (unpaired) electrons. The first-order chi connectivity index (χ1) is 16.4. The van der Waals surface area contributed by atoms with Gasteiger partial charge >= 0.3 is 0 Å². The molecule has 1 aliphatic rings. The molecule has 1 heterocycles. The molecule has 1 aliphatic heterocycles. The maximum atomic E-state index is 12.9. The van der Waals surface area contributed by atoms with Crippen molar-refractivity contribution in [1.82, 2.24) is 4.90 Å². The van der Waals surface area contributed by atoms with Crippen LogP contribution >= 0.6 is 39.3 Å². The van der Waals surface area contributed by atoms with Crippen molar-refractivity contribution >= 4 is 56.5 Å². The lowest BCUT2D eigenvalue weighted by Crippen LogP contribution is -2.27.